The van der Waals surface area contributed by atoms with Gasteiger partial charge in [-0.2, -0.15) is 0 Å². The van der Waals surface area contributed by atoms with Crippen molar-refractivity contribution in [1.29, 1.82) is 0 Å². The number of carbonyl (C=O) groups is 1. The van der Waals surface area contributed by atoms with E-state index in [4.69, 9.17) is 16.3 Å². The van der Waals surface area contributed by atoms with Gasteiger partial charge in [-0.15, -0.1) is 0 Å². The fraction of sp³-hybridized carbons (Fsp3) is 0.0714. The number of halogens is 3. The fourth-order valence-electron chi connectivity index (χ4n) is 1.66. The van der Waals surface area contributed by atoms with Crippen LogP contribution in [-0.2, 0) is 4.79 Å². The van der Waals surface area contributed by atoms with Gasteiger partial charge >= 0.3 is 0 Å². The molecule has 1 N–H and O–H groups in total. The van der Waals surface area contributed by atoms with E-state index in [0.29, 0.717) is 10.2 Å². The van der Waals surface area contributed by atoms with E-state index in [-0.39, 0.29) is 23.0 Å². The van der Waals surface area contributed by atoms with E-state index in [1.165, 1.54) is 30.3 Å². The van der Waals surface area contributed by atoms with Crippen molar-refractivity contribution in [3.63, 3.8) is 0 Å². The average Bonchev–Trinajstić information content (AvgIpc) is 2.48. The van der Waals surface area contributed by atoms with E-state index in [2.05, 4.69) is 21.2 Å². The fourth-order valence-corrected chi connectivity index (χ4v) is 2.31. The summed E-state index contributed by atoms with van der Waals surface area (Å²) in [5, 5.41) is 13.2. The van der Waals surface area contributed by atoms with Gasteiger partial charge in [-0.1, -0.05) is 11.6 Å². The third-order valence-electron chi connectivity index (χ3n) is 2.68. The Hall–Kier alpha value is -2.19. The van der Waals surface area contributed by atoms with Crippen molar-refractivity contribution in [3.05, 3.63) is 61.8 Å². The Labute approximate surface area is 143 Å². The highest BCUT2D eigenvalue weighted by atomic mass is 79.9. The molecule has 0 saturated heterocycles. The average molecular weight is 404 g/mol. The molecule has 0 aliphatic carbocycles. The molecule has 0 atom stereocenters. The van der Waals surface area contributed by atoms with Crippen LogP contribution in [-0.4, -0.2) is 17.4 Å². The SMILES string of the molecule is O=C(COc1ccc(F)cc1Br)Nc1ccc(Cl)c([N+](=O)[O-])c1. The largest absolute Gasteiger partial charge is 0.483 e. The highest BCUT2D eigenvalue weighted by Crippen LogP contribution is 2.28. The van der Waals surface area contributed by atoms with Gasteiger partial charge in [-0.05, 0) is 46.3 Å². The molecule has 0 heterocycles. The Kier molecular flexibility index (Phi) is 5.51. The molecule has 9 heteroatoms. The minimum atomic E-state index is -0.649. The van der Waals surface area contributed by atoms with Crippen molar-refractivity contribution in [3.8, 4) is 5.75 Å². The first-order valence-electron chi connectivity index (χ1n) is 6.18. The van der Waals surface area contributed by atoms with E-state index in [0.717, 1.165) is 6.07 Å². The van der Waals surface area contributed by atoms with Crippen molar-refractivity contribution in [2.75, 3.05) is 11.9 Å². The predicted molar refractivity (Wildman–Crippen MR) is 86.3 cm³/mol. The number of nitrogens with one attached hydrogen (secondary N) is 1. The molecule has 0 bridgehead atoms. The number of benzene rings is 2. The summed E-state index contributed by atoms with van der Waals surface area (Å²) in [5.41, 5.74) is -0.0977. The maximum absolute atomic E-state index is 12.9. The highest BCUT2D eigenvalue weighted by Gasteiger charge is 2.14. The van der Waals surface area contributed by atoms with E-state index < -0.39 is 16.6 Å². The Morgan fingerprint density at radius 2 is 2.09 bits per heavy atom. The zero-order chi connectivity index (χ0) is 17.0. The molecule has 0 radical (unpaired) electrons. The van der Waals surface area contributed by atoms with E-state index >= 15 is 0 Å². The lowest BCUT2D eigenvalue weighted by molar-refractivity contribution is -0.384. The summed E-state index contributed by atoms with van der Waals surface area (Å²) in [5.74, 6) is -0.677. The van der Waals surface area contributed by atoms with Crippen LogP contribution in [0.25, 0.3) is 0 Å². The summed E-state index contributed by atoms with van der Waals surface area (Å²) in [6.07, 6.45) is 0. The molecule has 0 aromatic heterocycles. The van der Waals surface area contributed by atoms with Crippen LogP contribution in [0.2, 0.25) is 5.02 Å². The van der Waals surface area contributed by atoms with Gasteiger partial charge in [-0.25, -0.2) is 4.39 Å². The molecule has 0 saturated carbocycles. The van der Waals surface area contributed by atoms with Crippen LogP contribution >= 0.6 is 27.5 Å². The molecule has 23 heavy (non-hydrogen) atoms. The molecule has 0 aliphatic heterocycles. The lowest BCUT2D eigenvalue weighted by atomic mass is 10.3. The summed E-state index contributed by atoms with van der Waals surface area (Å²) in [6.45, 7) is -0.347. The lowest BCUT2D eigenvalue weighted by Crippen LogP contribution is -2.20. The number of nitro groups is 1. The number of anilines is 1. The molecule has 2 aromatic rings. The van der Waals surface area contributed by atoms with Crippen LogP contribution in [0.15, 0.2) is 40.9 Å². The Morgan fingerprint density at radius 1 is 1.35 bits per heavy atom. The minimum absolute atomic E-state index is 0.0282. The normalized spacial score (nSPS) is 10.2. The van der Waals surface area contributed by atoms with Crippen LogP contribution in [0, 0.1) is 15.9 Å². The number of carbonyl (C=O) groups excluding carboxylic acids is 1. The number of nitrogens with zero attached hydrogens (tertiary/aromatic N) is 1. The molecule has 0 unspecified atom stereocenters. The number of nitro benzene ring substituents is 1. The molecule has 1 amide bonds. The van der Waals surface area contributed by atoms with Gasteiger partial charge in [0.2, 0.25) is 0 Å². The Bertz CT molecular complexity index is 772. The Morgan fingerprint density at radius 3 is 2.74 bits per heavy atom. The second kappa shape index (κ2) is 7.38. The van der Waals surface area contributed by atoms with Gasteiger partial charge in [0.1, 0.15) is 16.6 Å². The first-order chi connectivity index (χ1) is 10.9. The van der Waals surface area contributed by atoms with Crippen molar-refractivity contribution in [2.24, 2.45) is 0 Å². The number of hydrogen-bond donors (Lipinski definition) is 1. The van der Waals surface area contributed by atoms with E-state index in [9.17, 15) is 19.3 Å². The molecule has 0 fully saturated rings. The second-order valence-corrected chi connectivity index (χ2v) is 5.60. The van der Waals surface area contributed by atoms with Crippen molar-refractivity contribution >= 4 is 44.8 Å². The van der Waals surface area contributed by atoms with E-state index in [1.54, 1.807) is 0 Å². The van der Waals surface area contributed by atoms with Crippen LogP contribution < -0.4 is 10.1 Å². The first-order valence-corrected chi connectivity index (χ1v) is 7.35. The van der Waals surface area contributed by atoms with Crippen LogP contribution in [0.5, 0.6) is 5.75 Å². The maximum Gasteiger partial charge on any atom is 0.289 e. The van der Waals surface area contributed by atoms with Crippen molar-refractivity contribution < 1.29 is 18.8 Å². The lowest BCUT2D eigenvalue weighted by Gasteiger charge is -2.09. The summed E-state index contributed by atoms with van der Waals surface area (Å²) in [4.78, 5) is 21.9. The monoisotopic (exact) mass is 402 g/mol. The van der Waals surface area contributed by atoms with Crippen LogP contribution in [0.1, 0.15) is 0 Å². The molecule has 0 aliphatic rings. The van der Waals surface area contributed by atoms with E-state index in [1.807, 2.05) is 0 Å². The smallest absolute Gasteiger partial charge is 0.289 e. The predicted octanol–water partition coefficient (Wildman–Crippen LogP) is 4.17. The number of ether oxygens (including phenoxy) is 1. The summed E-state index contributed by atoms with van der Waals surface area (Å²) >= 11 is 8.80. The topological polar surface area (TPSA) is 81.5 Å². The highest BCUT2D eigenvalue weighted by molar-refractivity contribution is 9.10. The molecule has 0 spiro atoms. The summed E-state index contributed by atoms with van der Waals surface area (Å²) in [6, 6.07) is 7.66. The summed E-state index contributed by atoms with van der Waals surface area (Å²) < 4.78 is 18.5. The van der Waals surface area contributed by atoms with Gasteiger partial charge in [-0.3, -0.25) is 14.9 Å². The molecule has 2 aromatic carbocycles. The zero-order valence-electron chi connectivity index (χ0n) is 11.4. The van der Waals surface area contributed by atoms with Crippen LogP contribution in [0.4, 0.5) is 15.8 Å². The first kappa shape index (κ1) is 17.2. The number of rotatable bonds is 5. The van der Waals surface area contributed by atoms with Crippen molar-refractivity contribution in [2.45, 2.75) is 0 Å². The van der Waals surface area contributed by atoms with Gasteiger partial charge in [0.25, 0.3) is 11.6 Å². The maximum atomic E-state index is 12.9. The zero-order valence-corrected chi connectivity index (χ0v) is 13.7. The minimum Gasteiger partial charge on any atom is -0.483 e. The quantitative estimate of drug-likeness (QED) is 0.600. The molecule has 2 rings (SSSR count). The number of amides is 1. The molecule has 120 valence electrons. The van der Waals surface area contributed by atoms with Gasteiger partial charge in [0.15, 0.2) is 6.61 Å². The third-order valence-corrected chi connectivity index (χ3v) is 3.62. The standard InChI is InChI=1S/C14H9BrClFN2O4/c15-10-5-8(17)1-4-13(10)23-7-14(20)18-9-2-3-11(16)12(6-9)19(21)22/h1-6H,7H2,(H,18,20). The van der Waals surface area contributed by atoms with Gasteiger partial charge in [0.05, 0.1) is 9.40 Å². The van der Waals surface area contributed by atoms with Gasteiger partial charge < -0.3 is 10.1 Å². The third kappa shape index (κ3) is 4.64. The van der Waals surface area contributed by atoms with Gasteiger partial charge in [0, 0.05) is 11.8 Å². The Balaban J connectivity index is 2.00. The van der Waals surface area contributed by atoms with Crippen LogP contribution in [0.3, 0.4) is 0 Å². The molecule has 6 nitrogen and oxygen atoms in total. The molecular formula is C14H9BrClFN2O4. The summed E-state index contributed by atoms with van der Waals surface area (Å²) in [7, 11) is 0. The second-order valence-electron chi connectivity index (χ2n) is 4.33. The molecular weight excluding hydrogens is 395 g/mol. The number of hydrogen-bond acceptors (Lipinski definition) is 4. The van der Waals surface area contributed by atoms with Crippen molar-refractivity contribution in [1.82, 2.24) is 0 Å².